The van der Waals surface area contributed by atoms with Crippen LogP contribution in [0.4, 0.5) is 5.82 Å². The molecule has 0 aliphatic carbocycles. The van der Waals surface area contributed by atoms with Crippen molar-refractivity contribution in [1.82, 2.24) is 4.98 Å². The maximum Gasteiger partial charge on any atom is 0.339 e. The highest BCUT2D eigenvalue weighted by Crippen LogP contribution is 2.11. The monoisotopic (exact) mass is 256 g/mol. The number of hydrogen-bond donors (Lipinski definition) is 2. The summed E-state index contributed by atoms with van der Waals surface area (Å²) in [5, 5.41) is 11.7. The van der Waals surface area contributed by atoms with Crippen molar-refractivity contribution >= 4 is 17.6 Å². The molecule has 1 heterocycles. The third kappa shape index (κ3) is 3.16. The van der Waals surface area contributed by atoms with Gasteiger partial charge in [0.05, 0.1) is 6.54 Å². The number of nitrogens with one attached hydrogen (secondary N) is 1. The highest BCUT2D eigenvalue weighted by atomic mass is 16.4. The summed E-state index contributed by atoms with van der Waals surface area (Å²) in [7, 11) is 0. The summed E-state index contributed by atoms with van der Waals surface area (Å²) in [6, 6.07) is 11.8. The zero-order valence-electron chi connectivity index (χ0n) is 10.0. The molecule has 0 amide bonds. The van der Waals surface area contributed by atoms with Crippen LogP contribution in [0.3, 0.4) is 0 Å². The molecule has 1 aromatic carbocycles. The fourth-order valence-electron chi connectivity index (χ4n) is 1.61. The van der Waals surface area contributed by atoms with E-state index in [1.54, 1.807) is 24.3 Å². The Labute approximate surface area is 109 Å². The lowest BCUT2D eigenvalue weighted by molar-refractivity contribution is 0.0697. The van der Waals surface area contributed by atoms with Crippen molar-refractivity contribution < 1.29 is 14.7 Å². The first-order valence-corrected chi connectivity index (χ1v) is 5.69. The van der Waals surface area contributed by atoms with Gasteiger partial charge in [-0.1, -0.05) is 30.3 Å². The Kier molecular flexibility index (Phi) is 3.87. The molecule has 96 valence electrons. The van der Waals surface area contributed by atoms with E-state index in [0.29, 0.717) is 5.56 Å². The number of ketones is 1. The smallest absolute Gasteiger partial charge is 0.339 e. The molecule has 0 spiro atoms. The van der Waals surface area contributed by atoms with Crippen molar-refractivity contribution in [3.8, 4) is 0 Å². The number of hydrogen-bond acceptors (Lipinski definition) is 4. The van der Waals surface area contributed by atoms with Crippen molar-refractivity contribution in [1.29, 1.82) is 0 Å². The van der Waals surface area contributed by atoms with Crippen LogP contribution >= 0.6 is 0 Å². The van der Waals surface area contributed by atoms with Crippen molar-refractivity contribution in [2.45, 2.75) is 0 Å². The van der Waals surface area contributed by atoms with E-state index in [1.165, 1.54) is 18.3 Å². The minimum absolute atomic E-state index is 0.00130. The van der Waals surface area contributed by atoms with Gasteiger partial charge in [-0.2, -0.15) is 0 Å². The first-order valence-electron chi connectivity index (χ1n) is 5.69. The van der Waals surface area contributed by atoms with Crippen LogP contribution in [0.25, 0.3) is 0 Å². The van der Waals surface area contributed by atoms with Crippen LogP contribution in [0.15, 0.2) is 48.7 Å². The number of carboxylic acids is 1. The predicted octanol–water partition coefficient (Wildman–Crippen LogP) is 2.07. The maximum atomic E-state index is 11.9. The zero-order chi connectivity index (χ0) is 13.7. The number of aromatic nitrogens is 1. The van der Waals surface area contributed by atoms with E-state index in [1.807, 2.05) is 6.07 Å². The average molecular weight is 256 g/mol. The molecule has 0 saturated heterocycles. The van der Waals surface area contributed by atoms with Gasteiger partial charge in [0.15, 0.2) is 5.78 Å². The highest BCUT2D eigenvalue weighted by molar-refractivity contribution is 6.00. The number of carbonyl (C=O) groups excluding carboxylic acids is 1. The maximum absolute atomic E-state index is 11.9. The zero-order valence-corrected chi connectivity index (χ0v) is 10.0. The first-order chi connectivity index (χ1) is 9.18. The van der Waals surface area contributed by atoms with Gasteiger partial charge in [0.1, 0.15) is 11.4 Å². The second kappa shape index (κ2) is 5.77. The van der Waals surface area contributed by atoms with E-state index in [0.717, 1.165) is 0 Å². The van der Waals surface area contributed by atoms with Crippen LogP contribution in [-0.2, 0) is 0 Å². The lowest BCUT2D eigenvalue weighted by Crippen LogP contribution is -2.16. The molecule has 0 fully saturated rings. The molecule has 0 bridgehead atoms. The number of carbonyl (C=O) groups is 2. The minimum atomic E-state index is -1.08. The molecule has 0 saturated carbocycles. The van der Waals surface area contributed by atoms with Gasteiger partial charge in [-0.15, -0.1) is 0 Å². The third-order valence-electron chi connectivity index (χ3n) is 2.55. The Morgan fingerprint density at radius 1 is 1.11 bits per heavy atom. The Morgan fingerprint density at radius 2 is 1.84 bits per heavy atom. The molecule has 5 heteroatoms. The number of pyridine rings is 1. The van der Waals surface area contributed by atoms with Gasteiger partial charge in [0.25, 0.3) is 0 Å². The summed E-state index contributed by atoms with van der Waals surface area (Å²) in [6.07, 6.45) is 1.47. The molecule has 0 aliphatic heterocycles. The number of Topliss-reactive ketones (excluding diaryl/α,β-unsaturated/α-hetero) is 1. The van der Waals surface area contributed by atoms with E-state index in [9.17, 15) is 9.59 Å². The van der Waals surface area contributed by atoms with Crippen LogP contribution in [0.5, 0.6) is 0 Å². The van der Waals surface area contributed by atoms with Gasteiger partial charge in [-0.05, 0) is 12.1 Å². The van der Waals surface area contributed by atoms with E-state index in [4.69, 9.17) is 5.11 Å². The topological polar surface area (TPSA) is 79.3 Å². The quantitative estimate of drug-likeness (QED) is 0.800. The van der Waals surface area contributed by atoms with E-state index >= 15 is 0 Å². The first kappa shape index (κ1) is 12.8. The molecule has 0 atom stereocenters. The lowest BCUT2D eigenvalue weighted by atomic mass is 10.1. The summed E-state index contributed by atoms with van der Waals surface area (Å²) in [5.41, 5.74) is 0.617. The average Bonchev–Trinajstić information content (AvgIpc) is 2.46. The lowest BCUT2D eigenvalue weighted by Gasteiger charge is -2.07. The molecular formula is C14H12N2O3. The fraction of sp³-hybridized carbons (Fsp3) is 0.0714. The number of anilines is 1. The normalized spacial score (nSPS) is 9.89. The van der Waals surface area contributed by atoms with Crippen LogP contribution in [0.1, 0.15) is 20.7 Å². The molecule has 2 aromatic rings. The number of nitrogens with zero attached hydrogens (tertiary/aromatic N) is 1. The molecule has 0 aliphatic rings. The van der Waals surface area contributed by atoms with Gasteiger partial charge in [0, 0.05) is 11.8 Å². The molecular weight excluding hydrogens is 244 g/mol. The summed E-state index contributed by atoms with van der Waals surface area (Å²) in [6.45, 7) is 0.00130. The SMILES string of the molecule is O=C(CNc1ncccc1C(=O)O)c1ccccc1. The number of benzene rings is 1. The van der Waals surface area contributed by atoms with Crippen LogP contribution in [-0.4, -0.2) is 28.4 Å². The van der Waals surface area contributed by atoms with Gasteiger partial charge in [-0.25, -0.2) is 9.78 Å². The van der Waals surface area contributed by atoms with Gasteiger partial charge < -0.3 is 10.4 Å². The summed E-state index contributed by atoms with van der Waals surface area (Å²) in [5.74, 6) is -1.01. The van der Waals surface area contributed by atoms with Crippen molar-refractivity contribution in [2.24, 2.45) is 0 Å². The Bertz CT molecular complexity index is 597. The molecule has 19 heavy (non-hydrogen) atoms. The minimum Gasteiger partial charge on any atom is -0.478 e. The predicted molar refractivity (Wildman–Crippen MR) is 70.5 cm³/mol. The molecule has 0 unspecified atom stereocenters. The molecule has 5 nitrogen and oxygen atoms in total. The standard InChI is InChI=1S/C14H12N2O3/c17-12(10-5-2-1-3-6-10)9-16-13-11(14(18)19)7-4-8-15-13/h1-8H,9H2,(H,15,16)(H,18,19). The van der Waals surface area contributed by atoms with Crippen LogP contribution < -0.4 is 5.32 Å². The Hall–Kier alpha value is -2.69. The molecule has 2 rings (SSSR count). The van der Waals surface area contributed by atoms with Gasteiger partial charge >= 0.3 is 5.97 Å². The largest absolute Gasteiger partial charge is 0.478 e. The Balaban J connectivity index is 2.07. The summed E-state index contributed by atoms with van der Waals surface area (Å²) < 4.78 is 0. The molecule has 0 radical (unpaired) electrons. The van der Waals surface area contributed by atoms with E-state index in [-0.39, 0.29) is 23.7 Å². The number of aromatic carboxylic acids is 1. The number of carboxylic acid groups (broad SMARTS) is 1. The van der Waals surface area contributed by atoms with Crippen molar-refractivity contribution in [2.75, 3.05) is 11.9 Å². The van der Waals surface area contributed by atoms with Crippen molar-refractivity contribution in [3.05, 3.63) is 59.8 Å². The molecule has 1 aromatic heterocycles. The second-order valence-corrected chi connectivity index (χ2v) is 3.85. The van der Waals surface area contributed by atoms with E-state index < -0.39 is 5.97 Å². The van der Waals surface area contributed by atoms with Crippen LogP contribution in [0.2, 0.25) is 0 Å². The van der Waals surface area contributed by atoms with Crippen LogP contribution in [0, 0.1) is 0 Å². The third-order valence-corrected chi connectivity index (χ3v) is 2.55. The number of rotatable bonds is 5. The Morgan fingerprint density at radius 3 is 2.53 bits per heavy atom. The summed E-state index contributed by atoms with van der Waals surface area (Å²) >= 11 is 0. The highest BCUT2D eigenvalue weighted by Gasteiger charge is 2.11. The van der Waals surface area contributed by atoms with Gasteiger partial charge in [-0.3, -0.25) is 4.79 Å². The van der Waals surface area contributed by atoms with Gasteiger partial charge in [0.2, 0.25) is 0 Å². The van der Waals surface area contributed by atoms with Crippen molar-refractivity contribution in [3.63, 3.8) is 0 Å². The van der Waals surface area contributed by atoms with E-state index in [2.05, 4.69) is 10.3 Å². The molecule has 2 N–H and O–H groups in total. The summed E-state index contributed by atoms with van der Waals surface area (Å²) in [4.78, 5) is 26.8. The fourth-order valence-corrected chi connectivity index (χ4v) is 1.61. The second-order valence-electron chi connectivity index (χ2n) is 3.85.